The number of hydrogen-bond donors (Lipinski definition) is 2. The first kappa shape index (κ1) is 37.0. The SMILES string of the molecule is COc1ccc(CC[C@H](c2cccc(OCCN3CCOCC3)c2)C2(C(=O)O)CCCCN2S(=O)(=O)c2cc(Cl)c(O)c(Cl)c2)cc1OC. The molecule has 11 nitrogen and oxygen atoms in total. The molecular formula is C35H42Cl2N2O9S. The lowest BCUT2D eigenvalue weighted by atomic mass is 9.71. The summed E-state index contributed by atoms with van der Waals surface area (Å²) in [4.78, 5) is 15.7. The predicted molar refractivity (Wildman–Crippen MR) is 186 cm³/mol. The van der Waals surface area contributed by atoms with E-state index in [2.05, 4.69) is 4.90 Å². The van der Waals surface area contributed by atoms with Crippen molar-refractivity contribution in [2.75, 3.05) is 60.2 Å². The van der Waals surface area contributed by atoms with Crippen LogP contribution in [0.15, 0.2) is 59.5 Å². The van der Waals surface area contributed by atoms with Crippen LogP contribution in [0.25, 0.3) is 0 Å². The van der Waals surface area contributed by atoms with Gasteiger partial charge in [-0.1, -0.05) is 41.4 Å². The first-order valence-corrected chi connectivity index (χ1v) is 18.4. The highest BCUT2D eigenvalue weighted by Gasteiger charge is 2.56. The molecule has 2 aliphatic heterocycles. The number of aliphatic carboxylic acids is 1. The minimum Gasteiger partial charge on any atom is -0.505 e. The number of nitrogens with zero attached hydrogens (tertiary/aromatic N) is 2. The summed E-state index contributed by atoms with van der Waals surface area (Å²) < 4.78 is 52.5. The summed E-state index contributed by atoms with van der Waals surface area (Å²) in [5.41, 5.74) is -0.379. The number of methoxy groups -OCH3 is 2. The zero-order valence-corrected chi connectivity index (χ0v) is 29.9. The lowest BCUT2D eigenvalue weighted by molar-refractivity contribution is -0.152. The highest BCUT2D eigenvalue weighted by Crippen LogP contribution is 2.47. The smallest absolute Gasteiger partial charge is 0.325 e. The van der Waals surface area contributed by atoms with Gasteiger partial charge in [-0.3, -0.25) is 9.69 Å². The zero-order valence-electron chi connectivity index (χ0n) is 27.6. The third-order valence-corrected chi connectivity index (χ3v) is 11.8. The predicted octanol–water partition coefficient (Wildman–Crippen LogP) is 5.84. The molecule has 2 atom stereocenters. The van der Waals surface area contributed by atoms with Gasteiger partial charge >= 0.3 is 5.97 Å². The van der Waals surface area contributed by atoms with Crippen molar-refractivity contribution in [1.29, 1.82) is 0 Å². The Bertz CT molecular complexity index is 1710. The molecule has 14 heteroatoms. The number of morpholine rings is 1. The van der Waals surface area contributed by atoms with Gasteiger partial charge in [-0.05, 0) is 79.6 Å². The Balaban J connectivity index is 1.56. The molecule has 3 aromatic carbocycles. The van der Waals surface area contributed by atoms with Crippen LogP contribution < -0.4 is 14.2 Å². The number of hydrogen-bond acceptors (Lipinski definition) is 9. The molecule has 0 saturated carbocycles. The van der Waals surface area contributed by atoms with Crippen molar-refractivity contribution in [3.63, 3.8) is 0 Å². The van der Waals surface area contributed by atoms with Crippen LogP contribution in [0.1, 0.15) is 42.7 Å². The number of phenolic OH excluding ortho intramolecular Hbond substituents is 1. The van der Waals surface area contributed by atoms with Gasteiger partial charge in [-0.2, -0.15) is 4.31 Å². The largest absolute Gasteiger partial charge is 0.505 e. The molecule has 1 unspecified atom stereocenters. The van der Waals surface area contributed by atoms with Crippen LogP contribution in [0.4, 0.5) is 0 Å². The van der Waals surface area contributed by atoms with Crippen LogP contribution in [0.3, 0.4) is 0 Å². The molecule has 0 spiro atoms. The monoisotopic (exact) mass is 736 g/mol. The zero-order chi connectivity index (χ0) is 35.2. The van der Waals surface area contributed by atoms with Crippen molar-refractivity contribution < 1.29 is 42.4 Å². The minimum absolute atomic E-state index is 0.0344. The highest BCUT2D eigenvalue weighted by atomic mass is 35.5. The van der Waals surface area contributed by atoms with E-state index in [4.69, 9.17) is 42.1 Å². The Morgan fingerprint density at radius 3 is 2.37 bits per heavy atom. The maximum Gasteiger partial charge on any atom is 0.325 e. The molecule has 2 heterocycles. The molecule has 0 radical (unpaired) electrons. The lowest BCUT2D eigenvalue weighted by Gasteiger charge is -2.48. The number of piperidine rings is 1. The Labute approximate surface area is 297 Å². The number of aryl methyl sites for hydroxylation is 1. The number of carboxylic acid groups (broad SMARTS) is 1. The average Bonchev–Trinajstić information content (AvgIpc) is 3.11. The summed E-state index contributed by atoms with van der Waals surface area (Å²) in [6.07, 6.45) is 1.72. The van der Waals surface area contributed by atoms with E-state index in [0.29, 0.717) is 68.4 Å². The molecular weight excluding hydrogens is 695 g/mol. The minimum atomic E-state index is -4.48. The highest BCUT2D eigenvalue weighted by molar-refractivity contribution is 7.89. The third kappa shape index (κ3) is 8.05. The lowest BCUT2D eigenvalue weighted by Crippen LogP contribution is -2.62. The molecule has 3 aromatic rings. The van der Waals surface area contributed by atoms with Gasteiger partial charge < -0.3 is 29.2 Å². The summed E-state index contributed by atoms with van der Waals surface area (Å²) in [6.45, 7) is 4.10. The molecule has 5 rings (SSSR count). The van der Waals surface area contributed by atoms with Crippen molar-refractivity contribution in [3.8, 4) is 23.0 Å². The standard InChI is InChI=1S/C35H42Cl2N2O9S/c1-45-31-11-9-24(20-32(31)46-2)8-10-28(25-6-5-7-26(21-25)48-19-16-38-14-17-47-18-15-38)35(34(41)42)12-3-4-13-39(35)49(43,44)27-22-29(36)33(40)30(37)23-27/h5-7,9,11,20-23,28,40H,3-4,8,10,12-19H2,1-2H3,(H,41,42)/t28-,35?/m1/s1. The van der Waals surface area contributed by atoms with Crippen LogP contribution in [0, 0.1) is 0 Å². The molecule has 2 saturated heterocycles. The summed E-state index contributed by atoms with van der Waals surface area (Å²) in [6, 6.07) is 15.0. The third-order valence-electron chi connectivity index (χ3n) is 9.35. The van der Waals surface area contributed by atoms with E-state index in [-0.39, 0.29) is 34.3 Å². The van der Waals surface area contributed by atoms with Crippen molar-refractivity contribution in [2.45, 2.75) is 48.5 Å². The quantitative estimate of drug-likeness (QED) is 0.208. The van der Waals surface area contributed by atoms with Crippen molar-refractivity contribution >= 4 is 39.2 Å². The van der Waals surface area contributed by atoms with E-state index in [9.17, 15) is 23.4 Å². The number of sulfonamides is 1. The summed E-state index contributed by atoms with van der Waals surface area (Å²) in [7, 11) is -1.39. The van der Waals surface area contributed by atoms with E-state index in [1.54, 1.807) is 26.4 Å². The van der Waals surface area contributed by atoms with Gasteiger partial charge in [0.05, 0.1) is 42.4 Å². The van der Waals surface area contributed by atoms with Crippen LogP contribution in [0.2, 0.25) is 10.0 Å². The number of ether oxygens (including phenoxy) is 4. The number of benzene rings is 3. The second-order valence-electron chi connectivity index (χ2n) is 12.2. The van der Waals surface area contributed by atoms with Gasteiger partial charge in [0, 0.05) is 32.1 Å². The van der Waals surface area contributed by atoms with Crippen LogP contribution in [-0.4, -0.2) is 99.6 Å². The van der Waals surface area contributed by atoms with Crippen LogP contribution in [0.5, 0.6) is 23.0 Å². The molecule has 0 amide bonds. The number of phenols is 1. The van der Waals surface area contributed by atoms with Gasteiger partial charge in [0.1, 0.15) is 17.9 Å². The van der Waals surface area contributed by atoms with Gasteiger partial charge in [-0.15, -0.1) is 0 Å². The molecule has 2 N–H and O–H groups in total. The maximum atomic E-state index is 14.4. The van der Waals surface area contributed by atoms with Gasteiger partial charge in [0.25, 0.3) is 0 Å². The normalized spacial score (nSPS) is 19.7. The number of carbonyl (C=O) groups is 1. The molecule has 2 aliphatic rings. The fourth-order valence-electron chi connectivity index (χ4n) is 6.80. The molecule has 2 fully saturated rings. The maximum absolute atomic E-state index is 14.4. The van der Waals surface area contributed by atoms with Gasteiger partial charge in [0.15, 0.2) is 17.2 Å². The van der Waals surface area contributed by atoms with Gasteiger partial charge in [0.2, 0.25) is 10.0 Å². The summed E-state index contributed by atoms with van der Waals surface area (Å²) in [5.74, 6) is -0.874. The van der Waals surface area contributed by atoms with E-state index in [1.165, 1.54) is 0 Å². The molecule has 0 aromatic heterocycles. The number of aromatic hydroxyl groups is 1. The van der Waals surface area contributed by atoms with Crippen LogP contribution >= 0.6 is 23.2 Å². The molecule has 0 aliphatic carbocycles. The number of halogens is 2. The van der Waals surface area contributed by atoms with Crippen molar-refractivity contribution in [1.82, 2.24) is 9.21 Å². The second-order valence-corrected chi connectivity index (χ2v) is 14.8. The molecule has 266 valence electrons. The summed E-state index contributed by atoms with van der Waals surface area (Å²) >= 11 is 12.3. The Hall–Kier alpha value is -3.26. The molecule has 49 heavy (non-hydrogen) atoms. The average molecular weight is 738 g/mol. The van der Waals surface area contributed by atoms with E-state index in [1.807, 2.05) is 30.3 Å². The Morgan fingerprint density at radius 1 is 0.980 bits per heavy atom. The Kier molecular flexibility index (Phi) is 12.2. The van der Waals surface area contributed by atoms with Crippen molar-refractivity contribution in [2.24, 2.45) is 0 Å². The fraction of sp³-hybridized carbons (Fsp3) is 0.457. The first-order chi connectivity index (χ1) is 23.5. The second kappa shape index (κ2) is 16.2. The van der Waals surface area contributed by atoms with Crippen molar-refractivity contribution in [3.05, 3.63) is 75.8 Å². The van der Waals surface area contributed by atoms with E-state index >= 15 is 0 Å². The molecule has 0 bridgehead atoms. The first-order valence-electron chi connectivity index (χ1n) is 16.2. The number of carboxylic acids is 1. The van der Waals surface area contributed by atoms with E-state index in [0.717, 1.165) is 35.1 Å². The Morgan fingerprint density at radius 2 is 1.69 bits per heavy atom. The van der Waals surface area contributed by atoms with E-state index < -0.39 is 33.2 Å². The topological polar surface area (TPSA) is 135 Å². The van der Waals surface area contributed by atoms with Gasteiger partial charge in [-0.25, -0.2) is 8.42 Å². The van der Waals surface area contributed by atoms with Crippen LogP contribution in [-0.2, 0) is 26.0 Å². The summed E-state index contributed by atoms with van der Waals surface area (Å²) in [5, 5.41) is 20.8. The fourth-order valence-corrected chi connectivity index (χ4v) is 9.30. The number of rotatable bonds is 14.